The summed E-state index contributed by atoms with van der Waals surface area (Å²) in [7, 11) is 0. The Bertz CT molecular complexity index is 256. The van der Waals surface area contributed by atoms with E-state index in [1.807, 2.05) is 13.0 Å². The van der Waals surface area contributed by atoms with Crippen LogP contribution < -0.4 is 0 Å². The van der Waals surface area contributed by atoms with E-state index >= 15 is 0 Å². The van der Waals surface area contributed by atoms with Crippen molar-refractivity contribution >= 4 is 0 Å². The molecule has 2 heteroatoms. The number of phenols is 1. The van der Waals surface area contributed by atoms with Crippen LogP contribution in [0.2, 0.25) is 0 Å². The molecular formula is C9H9OY+2. The van der Waals surface area contributed by atoms with E-state index in [0.717, 1.165) is 11.1 Å². The number of aryl methyl sites for hydroxylation is 1. The summed E-state index contributed by atoms with van der Waals surface area (Å²) < 4.78 is 0. The van der Waals surface area contributed by atoms with Crippen molar-refractivity contribution in [3.8, 4) is 5.75 Å². The molecule has 1 aromatic rings. The van der Waals surface area contributed by atoms with Crippen molar-refractivity contribution in [2.24, 2.45) is 0 Å². The predicted molar refractivity (Wildman–Crippen MR) is 40.8 cm³/mol. The normalized spacial score (nSPS) is 8.45. The van der Waals surface area contributed by atoms with Gasteiger partial charge in [-0.25, -0.2) is 0 Å². The van der Waals surface area contributed by atoms with E-state index in [4.69, 9.17) is 5.11 Å². The van der Waals surface area contributed by atoms with Gasteiger partial charge in [0.2, 0.25) is 0 Å². The molecule has 0 saturated carbocycles. The zero-order chi connectivity index (χ0) is 7.56. The minimum Gasteiger partial charge on any atom is -0.521 e. The molecule has 0 spiro atoms. The number of hydrogen-bond donors (Lipinski definition) is 1. The Morgan fingerprint density at radius 3 is 2.55 bits per heavy atom. The van der Waals surface area contributed by atoms with Crippen LogP contribution in [0.1, 0.15) is 11.1 Å². The molecule has 11 heavy (non-hydrogen) atoms. The monoisotopic (exact) mass is 222 g/mol. The minimum atomic E-state index is 0. The first-order chi connectivity index (χ1) is 4.74. The Kier molecular flexibility index (Phi) is 4.63. The molecule has 1 rings (SSSR count). The van der Waals surface area contributed by atoms with Gasteiger partial charge in [0.05, 0.1) is 5.75 Å². The third-order valence-corrected chi connectivity index (χ3v) is 1.41. The summed E-state index contributed by atoms with van der Waals surface area (Å²) in [6, 6.07) is 5.13. The van der Waals surface area contributed by atoms with Crippen molar-refractivity contribution in [2.45, 2.75) is 6.92 Å². The van der Waals surface area contributed by atoms with Gasteiger partial charge >= 0.3 is 32.7 Å². The second-order valence-corrected chi connectivity index (χ2v) is 2.18. The average molecular weight is 222 g/mol. The fourth-order valence-corrected chi connectivity index (χ4v) is 0.800. The second-order valence-electron chi connectivity index (χ2n) is 2.18. The Balaban J connectivity index is 0.000001000. The zero-order valence-electron chi connectivity index (χ0n) is 6.46. The molecular weight excluding hydrogens is 213 g/mol. The quantitative estimate of drug-likeness (QED) is 0.721. The third-order valence-electron chi connectivity index (χ3n) is 1.41. The van der Waals surface area contributed by atoms with Gasteiger partial charge in [-0.05, 0) is 6.07 Å². The van der Waals surface area contributed by atoms with Crippen LogP contribution in [0.15, 0.2) is 24.8 Å². The fraction of sp³-hybridized carbons (Fsp3) is 0.111. The summed E-state index contributed by atoms with van der Waals surface area (Å²) in [4.78, 5) is 0. The van der Waals surface area contributed by atoms with Crippen molar-refractivity contribution in [3.05, 3.63) is 42.0 Å². The van der Waals surface area contributed by atoms with Crippen LogP contribution >= 0.6 is 0 Å². The summed E-state index contributed by atoms with van der Waals surface area (Å²) >= 11 is 0. The maximum Gasteiger partial charge on any atom is 3.00 e. The molecule has 0 bridgehead atoms. The molecule has 52 valence electrons. The van der Waals surface area contributed by atoms with Crippen LogP contribution in [-0.4, -0.2) is 5.11 Å². The third kappa shape index (κ3) is 2.76. The summed E-state index contributed by atoms with van der Waals surface area (Å²) in [5.74, 6) is 0.261. The van der Waals surface area contributed by atoms with E-state index in [1.54, 1.807) is 12.1 Å². The van der Waals surface area contributed by atoms with Gasteiger partial charge in [0.15, 0.2) is 0 Å². The van der Waals surface area contributed by atoms with Gasteiger partial charge in [-0.15, -0.1) is 12.1 Å². The van der Waals surface area contributed by atoms with Gasteiger partial charge in [0.1, 0.15) is 0 Å². The first-order valence-electron chi connectivity index (χ1n) is 3.07. The molecule has 0 radical (unpaired) electrons. The molecule has 1 aromatic carbocycles. The van der Waals surface area contributed by atoms with Gasteiger partial charge in [0, 0.05) is 0 Å². The van der Waals surface area contributed by atoms with E-state index in [0.29, 0.717) is 0 Å². The van der Waals surface area contributed by atoms with Gasteiger partial charge in [-0.1, -0.05) is 6.92 Å². The number of aromatic hydroxyl groups is 1. The molecule has 0 fully saturated rings. The Hall–Kier alpha value is -0.136. The molecule has 1 nitrogen and oxygen atoms in total. The largest absolute Gasteiger partial charge is 3.00 e. The van der Waals surface area contributed by atoms with Crippen LogP contribution in [0.5, 0.6) is 5.75 Å². The van der Waals surface area contributed by atoms with Crippen molar-refractivity contribution < 1.29 is 37.8 Å². The van der Waals surface area contributed by atoms with Crippen LogP contribution in [0.25, 0.3) is 0 Å². The standard InChI is InChI=1S/C9H9O.Y/c1-3-8-6-9(10)5-4-7(8)2;/h4-6,10H,1H2,2H3;/q-1;+3. The summed E-state index contributed by atoms with van der Waals surface area (Å²) in [5, 5.41) is 9.00. The smallest absolute Gasteiger partial charge is 0.521 e. The van der Waals surface area contributed by atoms with Crippen molar-refractivity contribution in [2.75, 3.05) is 0 Å². The predicted octanol–water partition coefficient (Wildman–Crippen LogP) is 2.04. The maximum atomic E-state index is 9.00. The maximum absolute atomic E-state index is 9.00. The first-order valence-corrected chi connectivity index (χ1v) is 3.07. The van der Waals surface area contributed by atoms with Gasteiger partial charge in [-0.3, -0.25) is 0 Å². The SMILES string of the molecule is C=[C-]c1cc(O)ccc1C.[Y+3]. The number of phenolic OH excluding ortho intramolecular Hbond substituents is 1. The van der Waals surface area contributed by atoms with Gasteiger partial charge in [-0.2, -0.15) is 23.8 Å². The molecule has 0 atom stereocenters. The van der Waals surface area contributed by atoms with E-state index in [-0.39, 0.29) is 38.5 Å². The molecule has 0 unspecified atom stereocenters. The molecule has 1 N–H and O–H groups in total. The first kappa shape index (κ1) is 10.9. The number of hydrogen-bond acceptors (Lipinski definition) is 1. The molecule has 0 aliphatic carbocycles. The minimum absolute atomic E-state index is 0. The van der Waals surface area contributed by atoms with Crippen LogP contribution in [0.3, 0.4) is 0 Å². The van der Waals surface area contributed by atoms with Crippen LogP contribution in [-0.2, 0) is 32.7 Å². The van der Waals surface area contributed by atoms with E-state index < -0.39 is 0 Å². The zero-order valence-corrected chi connectivity index (χ0v) is 9.30. The molecule has 0 amide bonds. The Labute approximate surface area is 92.0 Å². The van der Waals surface area contributed by atoms with E-state index in [9.17, 15) is 0 Å². The van der Waals surface area contributed by atoms with Gasteiger partial charge < -0.3 is 5.11 Å². The molecule has 0 heterocycles. The molecule has 0 aliphatic heterocycles. The number of benzene rings is 1. The number of rotatable bonds is 1. The Morgan fingerprint density at radius 2 is 2.09 bits per heavy atom. The van der Waals surface area contributed by atoms with Crippen LogP contribution in [0, 0.1) is 13.0 Å². The van der Waals surface area contributed by atoms with Crippen LogP contribution in [0.4, 0.5) is 0 Å². The van der Waals surface area contributed by atoms with E-state index in [2.05, 4.69) is 12.7 Å². The van der Waals surface area contributed by atoms with E-state index in [1.165, 1.54) is 0 Å². The molecule has 0 aromatic heterocycles. The summed E-state index contributed by atoms with van der Waals surface area (Å²) in [5.41, 5.74) is 1.94. The average Bonchev–Trinajstić information content (AvgIpc) is 1.94. The van der Waals surface area contributed by atoms with Crippen molar-refractivity contribution in [3.63, 3.8) is 0 Å². The topological polar surface area (TPSA) is 20.2 Å². The summed E-state index contributed by atoms with van der Waals surface area (Å²) in [6.45, 7) is 5.45. The second kappa shape index (κ2) is 4.68. The molecule has 0 aliphatic rings. The van der Waals surface area contributed by atoms with Crippen molar-refractivity contribution in [1.29, 1.82) is 0 Å². The van der Waals surface area contributed by atoms with Gasteiger partial charge in [0.25, 0.3) is 0 Å². The Morgan fingerprint density at radius 1 is 1.45 bits per heavy atom. The fourth-order valence-electron chi connectivity index (χ4n) is 0.800. The molecule has 0 saturated heterocycles. The summed E-state index contributed by atoms with van der Waals surface area (Å²) in [6.07, 6.45) is 2.73. The van der Waals surface area contributed by atoms with Crippen molar-refractivity contribution in [1.82, 2.24) is 0 Å².